The van der Waals surface area contributed by atoms with E-state index >= 15 is 0 Å². The zero-order valence-electron chi connectivity index (χ0n) is 13.0. The average Bonchev–Trinajstić information content (AvgIpc) is 3.07. The first-order chi connectivity index (χ1) is 10.2. The summed E-state index contributed by atoms with van der Waals surface area (Å²) in [6, 6.07) is 6.01. The molecule has 0 spiro atoms. The lowest BCUT2D eigenvalue weighted by Gasteiger charge is -2.22. The highest BCUT2D eigenvalue weighted by molar-refractivity contribution is 5.43. The summed E-state index contributed by atoms with van der Waals surface area (Å²) in [6.07, 6.45) is 4.24. The molecule has 0 amide bonds. The van der Waals surface area contributed by atoms with E-state index in [0.29, 0.717) is 0 Å². The van der Waals surface area contributed by atoms with Gasteiger partial charge >= 0.3 is 0 Å². The van der Waals surface area contributed by atoms with Crippen molar-refractivity contribution in [1.29, 1.82) is 0 Å². The Labute approximate surface area is 127 Å². The number of rotatable bonds is 5. The molecule has 3 rings (SSSR count). The maximum Gasteiger partial charge on any atom is 0.161 e. The van der Waals surface area contributed by atoms with Gasteiger partial charge in [0.15, 0.2) is 11.5 Å². The Bertz CT molecular complexity index is 480. The minimum absolute atomic E-state index is 0.0311. The fraction of sp³-hybridized carbons (Fsp3) is 0.647. The van der Waals surface area contributed by atoms with Crippen molar-refractivity contribution in [3.63, 3.8) is 0 Å². The highest BCUT2D eigenvalue weighted by Gasteiger charge is 2.36. The summed E-state index contributed by atoms with van der Waals surface area (Å²) < 4.78 is 10.6. The van der Waals surface area contributed by atoms with Crippen LogP contribution in [0.4, 0.5) is 0 Å². The molecule has 3 unspecified atom stereocenters. The van der Waals surface area contributed by atoms with Crippen molar-refractivity contribution in [2.24, 2.45) is 17.6 Å². The third-order valence-electron chi connectivity index (χ3n) is 5.09. The molecule has 3 atom stereocenters. The summed E-state index contributed by atoms with van der Waals surface area (Å²) in [7, 11) is 3.31. The minimum atomic E-state index is 0.0311. The quantitative estimate of drug-likeness (QED) is 0.905. The standard InChI is InChI=1S/C17H26N2O2/c1-20-16-7-6-12(8-17(16)21-2)15(18)11-19-9-13-4-3-5-14(13)10-19/h6-8,13-15H,3-5,9-11,18H2,1-2H3. The zero-order valence-corrected chi connectivity index (χ0v) is 13.0. The van der Waals surface area contributed by atoms with Crippen molar-refractivity contribution in [3.8, 4) is 11.5 Å². The Morgan fingerprint density at radius 1 is 1.14 bits per heavy atom. The van der Waals surface area contributed by atoms with E-state index in [0.717, 1.165) is 35.4 Å². The predicted molar refractivity (Wildman–Crippen MR) is 83.7 cm³/mol. The van der Waals surface area contributed by atoms with Gasteiger partial charge in [0.1, 0.15) is 0 Å². The molecule has 1 saturated carbocycles. The molecule has 4 heteroatoms. The molecule has 1 aliphatic heterocycles. The van der Waals surface area contributed by atoms with Gasteiger partial charge in [-0.05, 0) is 42.4 Å². The fourth-order valence-electron chi connectivity index (χ4n) is 3.95. The van der Waals surface area contributed by atoms with Crippen LogP contribution >= 0.6 is 0 Å². The second kappa shape index (κ2) is 6.24. The van der Waals surface area contributed by atoms with E-state index in [1.165, 1.54) is 32.4 Å². The normalized spacial score (nSPS) is 26.6. The zero-order chi connectivity index (χ0) is 14.8. The van der Waals surface area contributed by atoms with E-state index in [2.05, 4.69) is 4.90 Å². The van der Waals surface area contributed by atoms with Crippen LogP contribution in [0.1, 0.15) is 30.9 Å². The molecule has 0 bridgehead atoms. The van der Waals surface area contributed by atoms with Crippen LogP contribution in [0.5, 0.6) is 11.5 Å². The number of methoxy groups -OCH3 is 2. The van der Waals surface area contributed by atoms with Crippen LogP contribution in [0.2, 0.25) is 0 Å². The van der Waals surface area contributed by atoms with E-state index < -0.39 is 0 Å². The molecule has 0 aromatic heterocycles. The maximum absolute atomic E-state index is 6.40. The van der Waals surface area contributed by atoms with Crippen LogP contribution in [-0.4, -0.2) is 38.8 Å². The number of nitrogens with two attached hydrogens (primary N) is 1. The van der Waals surface area contributed by atoms with Crippen molar-refractivity contribution < 1.29 is 9.47 Å². The number of ether oxygens (including phenoxy) is 2. The van der Waals surface area contributed by atoms with Gasteiger partial charge in [-0.15, -0.1) is 0 Å². The number of likely N-dealkylation sites (tertiary alicyclic amines) is 1. The van der Waals surface area contributed by atoms with Crippen LogP contribution in [0.15, 0.2) is 18.2 Å². The molecule has 2 N–H and O–H groups in total. The molecule has 4 nitrogen and oxygen atoms in total. The second-order valence-corrected chi connectivity index (χ2v) is 6.39. The fourth-order valence-corrected chi connectivity index (χ4v) is 3.95. The highest BCUT2D eigenvalue weighted by atomic mass is 16.5. The van der Waals surface area contributed by atoms with Gasteiger partial charge in [-0.1, -0.05) is 12.5 Å². The summed E-state index contributed by atoms with van der Waals surface area (Å²) in [5.41, 5.74) is 7.52. The largest absolute Gasteiger partial charge is 0.493 e. The van der Waals surface area contributed by atoms with Crippen molar-refractivity contribution in [3.05, 3.63) is 23.8 Å². The lowest BCUT2D eigenvalue weighted by molar-refractivity contribution is 0.291. The van der Waals surface area contributed by atoms with Gasteiger partial charge in [-0.3, -0.25) is 0 Å². The van der Waals surface area contributed by atoms with E-state index in [1.807, 2.05) is 18.2 Å². The van der Waals surface area contributed by atoms with Crippen molar-refractivity contribution in [1.82, 2.24) is 4.90 Å². The Kier molecular flexibility index (Phi) is 4.36. The van der Waals surface area contributed by atoms with Gasteiger partial charge in [-0.25, -0.2) is 0 Å². The first-order valence-electron chi connectivity index (χ1n) is 7.91. The molecule has 116 valence electrons. The molecule has 2 aliphatic rings. The summed E-state index contributed by atoms with van der Waals surface area (Å²) in [5, 5.41) is 0. The number of benzene rings is 1. The third kappa shape index (κ3) is 3.01. The Morgan fingerprint density at radius 3 is 2.43 bits per heavy atom. The lowest BCUT2D eigenvalue weighted by atomic mass is 10.0. The summed E-state index contributed by atoms with van der Waals surface area (Å²) in [4.78, 5) is 2.54. The first kappa shape index (κ1) is 14.7. The average molecular weight is 290 g/mol. The van der Waals surface area contributed by atoms with E-state index in [4.69, 9.17) is 15.2 Å². The van der Waals surface area contributed by atoms with Crippen LogP contribution < -0.4 is 15.2 Å². The third-order valence-corrected chi connectivity index (χ3v) is 5.09. The monoisotopic (exact) mass is 290 g/mol. The number of hydrogen-bond acceptors (Lipinski definition) is 4. The van der Waals surface area contributed by atoms with Gasteiger partial charge in [0, 0.05) is 25.7 Å². The predicted octanol–water partition coefficient (Wildman–Crippen LogP) is 2.44. The SMILES string of the molecule is COc1ccc(C(N)CN2CC3CCCC3C2)cc1OC. The molecule has 21 heavy (non-hydrogen) atoms. The Morgan fingerprint density at radius 2 is 1.81 bits per heavy atom. The van der Waals surface area contributed by atoms with E-state index in [-0.39, 0.29) is 6.04 Å². The second-order valence-electron chi connectivity index (χ2n) is 6.39. The Balaban J connectivity index is 1.64. The summed E-state index contributed by atoms with van der Waals surface area (Å²) in [6.45, 7) is 3.39. The molecular formula is C17H26N2O2. The van der Waals surface area contributed by atoms with Gasteiger partial charge in [-0.2, -0.15) is 0 Å². The molecule has 1 aromatic carbocycles. The van der Waals surface area contributed by atoms with Crippen molar-refractivity contribution in [2.45, 2.75) is 25.3 Å². The van der Waals surface area contributed by atoms with Crippen molar-refractivity contribution in [2.75, 3.05) is 33.9 Å². The molecule has 1 heterocycles. The topological polar surface area (TPSA) is 47.7 Å². The van der Waals surface area contributed by atoms with Crippen LogP contribution in [0.25, 0.3) is 0 Å². The van der Waals surface area contributed by atoms with Gasteiger partial charge in [0.25, 0.3) is 0 Å². The number of nitrogens with zero attached hydrogens (tertiary/aromatic N) is 1. The first-order valence-corrected chi connectivity index (χ1v) is 7.91. The molecule has 1 aliphatic carbocycles. The van der Waals surface area contributed by atoms with Crippen LogP contribution in [0.3, 0.4) is 0 Å². The molecule has 1 saturated heterocycles. The Hall–Kier alpha value is -1.26. The van der Waals surface area contributed by atoms with Gasteiger partial charge in [0.05, 0.1) is 14.2 Å². The molecule has 0 radical (unpaired) electrons. The smallest absolute Gasteiger partial charge is 0.161 e. The highest BCUT2D eigenvalue weighted by Crippen LogP contribution is 2.38. The maximum atomic E-state index is 6.40. The van der Waals surface area contributed by atoms with E-state index in [1.54, 1.807) is 14.2 Å². The van der Waals surface area contributed by atoms with Crippen molar-refractivity contribution >= 4 is 0 Å². The van der Waals surface area contributed by atoms with Crippen LogP contribution in [-0.2, 0) is 0 Å². The molecular weight excluding hydrogens is 264 g/mol. The minimum Gasteiger partial charge on any atom is -0.493 e. The van der Waals surface area contributed by atoms with E-state index in [9.17, 15) is 0 Å². The number of hydrogen-bond donors (Lipinski definition) is 1. The lowest BCUT2D eigenvalue weighted by Crippen LogP contribution is -2.31. The summed E-state index contributed by atoms with van der Waals surface area (Å²) >= 11 is 0. The number of fused-ring (bicyclic) bond motifs is 1. The van der Waals surface area contributed by atoms with Gasteiger partial charge in [0.2, 0.25) is 0 Å². The van der Waals surface area contributed by atoms with Gasteiger partial charge < -0.3 is 20.1 Å². The van der Waals surface area contributed by atoms with Crippen LogP contribution in [0, 0.1) is 11.8 Å². The molecule has 1 aromatic rings. The summed E-state index contributed by atoms with van der Waals surface area (Å²) in [5.74, 6) is 3.35. The molecule has 2 fully saturated rings.